The van der Waals surface area contributed by atoms with E-state index >= 15 is 4.39 Å². The molecule has 292 valence electrons. The first-order chi connectivity index (χ1) is 27.2. The van der Waals surface area contributed by atoms with E-state index in [1.165, 1.54) is 22.8 Å². The summed E-state index contributed by atoms with van der Waals surface area (Å²) in [6, 6.07) is 10.2. The molecular weight excluding hydrogens is 735 g/mol. The van der Waals surface area contributed by atoms with Gasteiger partial charge in [-0.15, -0.1) is 0 Å². The number of carbonyl (C=O) groups is 3. The van der Waals surface area contributed by atoms with E-state index in [9.17, 15) is 34.5 Å². The number of aromatic nitrogens is 2. The molecule has 0 saturated heterocycles. The Labute approximate surface area is 325 Å². The van der Waals surface area contributed by atoms with Crippen molar-refractivity contribution in [3.05, 3.63) is 114 Å². The number of amides is 2. The summed E-state index contributed by atoms with van der Waals surface area (Å²) in [5, 5.41) is 35.8. The number of pyridine rings is 2. The number of carbonyl (C=O) groups excluding carboxylic acids is 3. The first-order valence-electron chi connectivity index (χ1n) is 18.9. The van der Waals surface area contributed by atoms with Crippen molar-refractivity contribution in [3.63, 3.8) is 0 Å². The van der Waals surface area contributed by atoms with Gasteiger partial charge in [0.1, 0.15) is 29.7 Å². The molecule has 0 fully saturated rings. The number of fused-ring (bicyclic) bond motifs is 6. The number of cyclic esters (lactones) is 1. The Morgan fingerprint density at radius 1 is 1.04 bits per heavy atom. The lowest BCUT2D eigenvalue weighted by Crippen LogP contribution is -2.44. The number of hydrogen-bond acceptors (Lipinski definition) is 10. The highest BCUT2D eigenvalue weighted by Crippen LogP contribution is 2.46. The van der Waals surface area contributed by atoms with Crippen molar-refractivity contribution in [2.45, 2.75) is 90.8 Å². The van der Waals surface area contributed by atoms with Crippen LogP contribution in [0.4, 0.5) is 9.18 Å². The van der Waals surface area contributed by atoms with Crippen molar-refractivity contribution in [3.8, 4) is 28.6 Å². The lowest BCUT2D eigenvalue weighted by Gasteiger charge is -2.31. The SMILES string of the molecule is CC[C@@]1(O)C(=O)OCc2c1cc1n(c2=O)Cc2c-1nc1cc(F)c(C)c3c1c2C(NC(=O)Oc1ccc2c(c1)CN(C(=O)c1cc(C(C)C)c(O)cc1O)C2)CC3. The zero-order valence-electron chi connectivity index (χ0n) is 31.7. The molecular formula is C43H39FN4O9. The van der Waals surface area contributed by atoms with E-state index in [1.807, 2.05) is 13.8 Å². The van der Waals surface area contributed by atoms with Gasteiger partial charge in [-0.05, 0) is 89.8 Å². The van der Waals surface area contributed by atoms with Crippen LogP contribution in [-0.4, -0.2) is 47.7 Å². The summed E-state index contributed by atoms with van der Waals surface area (Å²) in [7, 11) is 0. The van der Waals surface area contributed by atoms with Crippen LogP contribution in [0.1, 0.15) is 106 Å². The Morgan fingerprint density at radius 2 is 1.81 bits per heavy atom. The summed E-state index contributed by atoms with van der Waals surface area (Å²) in [6.45, 7) is 7.39. The zero-order valence-corrected chi connectivity index (χ0v) is 31.7. The molecule has 5 aromatic rings. The van der Waals surface area contributed by atoms with E-state index in [1.54, 1.807) is 43.0 Å². The molecule has 1 unspecified atom stereocenters. The maximum atomic E-state index is 15.3. The number of ether oxygens (including phenoxy) is 2. The zero-order chi connectivity index (χ0) is 40.2. The standard InChI is InChI=1S/C43H39FN4O9/c1-5-43(55)29-12-33-38-27(17-48(33)40(52)28(29)18-56-41(43)53)37-31(9-8-24-20(4)30(44)13-32(45-38)36(24)37)46-42(54)57-23-7-6-21-15-47(16-22(21)10-23)39(51)26-11-25(19(2)3)34(49)14-35(26)50/h6-7,10-14,19,31,49-50,55H,5,8-9,15-18H2,1-4H3,(H,46,54)/t31?,43-/m0/s1. The molecule has 4 N–H and O–H groups in total. The molecule has 0 bridgehead atoms. The molecule has 0 saturated carbocycles. The number of phenolic OH excluding ortho intramolecular Hbond substituents is 2. The molecule has 3 aromatic carbocycles. The Balaban J connectivity index is 1.02. The molecule has 9 rings (SSSR count). The van der Waals surface area contributed by atoms with Gasteiger partial charge in [-0.1, -0.05) is 26.8 Å². The quantitative estimate of drug-likeness (QED) is 0.152. The maximum absolute atomic E-state index is 15.3. The largest absolute Gasteiger partial charge is 0.508 e. The van der Waals surface area contributed by atoms with Crippen LogP contribution < -0.4 is 15.6 Å². The fraction of sp³-hybridized carbons (Fsp3) is 0.326. The van der Waals surface area contributed by atoms with Crippen molar-refractivity contribution in [1.29, 1.82) is 0 Å². The lowest BCUT2D eigenvalue weighted by molar-refractivity contribution is -0.172. The number of rotatable bonds is 5. The third-order valence-corrected chi connectivity index (χ3v) is 12.1. The van der Waals surface area contributed by atoms with Crippen LogP contribution in [0.3, 0.4) is 0 Å². The number of esters is 1. The third kappa shape index (κ3) is 5.48. The molecule has 5 heterocycles. The second-order valence-electron chi connectivity index (χ2n) is 15.6. The Bertz CT molecular complexity index is 2710. The van der Waals surface area contributed by atoms with Gasteiger partial charge in [-0.25, -0.2) is 19.0 Å². The topological polar surface area (TPSA) is 181 Å². The molecule has 4 aliphatic rings. The number of aliphatic hydroxyl groups is 1. The smallest absolute Gasteiger partial charge is 0.413 e. The highest BCUT2D eigenvalue weighted by Gasteiger charge is 2.46. The summed E-state index contributed by atoms with van der Waals surface area (Å²) in [4.78, 5) is 60.3. The maximum Gasteiger partial charge on any atom is 0.413 e. The van der Waals surface area contributed by atoms with Crippen LogP contribution in [0.2, 0.25) is 0 Å². The van der Waals surface area contributed by atoms with Gasteiger partial charge in [0.15, 0.2) is 5.60 Å². The van der Waals surface area contributed by atoms with Gasteiger partial charge in [-0.2, -0.15) is 0 Å². The summed E-state index contributed by atoms with van der Waals surface area (Å²) in [5.41, 5.74) is 3.85. The van der Waals surface area contributed by atoms with E-state index in [4.69, 9.17) is 14.5 Å². The number of halogens is 1. The van der Waals surface area contributed by atoms with Crippen LogP contribution in [0.5, 0.6) is 17.2 Å². The van der Waals surface area contributed by atoms with Crippen molar-refractivity contribution in [2.24, 2.45) is 0 Å². The minimum Gasteiger partial charge on any atom is -0.508 e. The minimum atomic E-state index is -2.01. The van der Waals surface area contributed by atoms with Crippen LogP contribution in [0.25, 0.3) is 22.3 Å². The Morgan fingerprint density at radius 3 is 2.56 bits per heavy atom. The molecule has 0 radical (unpaired) electrons. The van der Waals surface area contributed by atoms with E-state index in [2.05, 4.69) is 5.32 Å². The number of aromatic hydroxyl groups is 2. The number of phenols is 2. The number of hydrogen-bond donors (Lipinski definition) is 4. The molecule has 57 heavy (non-hydrogen) atoms. The number of nitrogens with zero attached hydrogens (tertiary/aromatic N) is 3. The first-order valence-corrected chi connectivity index (χ1v) is 18.9. The van der Waals surface area contributed by atoms with E-state index in [0.29, 0.717) is 57.4 Å². The molecule has 2 atom stereocenters. The predicted octanol–water partition coefficient (Wildman–Crippen LogP) is 5.99. The van der Waals surface area contributed by atoms with Gasteiger partial charge in [-0.3, -0.25) is 9.59 Å². The van der Waals surface area contributed by atoms with Gasteiger partial charge < -0.3 is 39.6 Å². The fourth-order valence-corrected chi connectivity index (χ4v) is 8.95. The van der Waals surface area contributed by atoms with Crippen molar-refractivity contribution in [2.75, 3.05) is 0 Å². The highest BCUT2D eigenvalue weighted by molar-refractivity contribution is 5.98. The molecule has 1 aliphatic carbocycles. The Kier molecular flexibility index (Phi) is 8.22. The monoisotopic (exact) mass is 774 g/mol. The first kappa shape index (κ1) is 36.4. The summed E-state index contributed by atoms with van der Waals surface area (Å²) in [5.74, 6) is -1.88. The van der Waals surface area contributed by atoms with Crippen molar-refractivity contribution >= 4 is 28.9 Å². The van der Waals surface area contributed by atoms with Gasteiger partial charge in [0, 0.05) is 41.7 Å². The lowest BCUT2D eigenvalue weighted by atomic mass is 9.81. The van der Waals surface area contributed by atoms with Crippen LogP contribution in [0.15, 0.2) is 47.3 Å². The number of aryl methyl sites for hydroxylation is 1. The molecule has 2 amide bonds. The summed E-state index contributed by atoms with van der Waals surface area (Å²) in [6.07, 6.45) is 0.0908. The normalized spacial score (nSPS) is 18.9. The predicted molar refractivity (Wildman–Crippen MR) is 203 cm³/mol. The van der Waals surface area contributed by atoms with Crippen LogP contribution >= 0.6 is 0 Å². The fourth-order valence-electron chi connectivity index (χ4n) is 8.95. The average molecular weight is 775 g/mol. The second kappa shape index (κ2) is 12.9. The van der Waals surface area contributed by atoms with Crippen molar-refractivity contribution in [1.82, 2.24) is 19.8 Å². The second-order valence-corrected chi connectivity index (χ2v) is 15.6. The van der Waals surface area contributed by atoms with E-state index < -0.39 is 41.0 Å². The molecule has 13 nitrogen and oxygen atoms in total. The molecule has 2 aromatic heterocycles. The summed E-state index contributed by atoms with van der Waals surface area (Å²) >= 11 is 0. The Hall–Kier alpha value is -6.28. The van der Waals surface area contributed by atoms with E-state index in [0.717, 1.165) is 16.7 Å². The minimum absolute atomic E-state index is 0.0168. The average Bonchev–Trinajstić information content (AvgIpc) is 3.77. The van der Waals surface area contributed by atoms with Crippen LogP contribution in [-0.2, 0) is 47.8 Å². The molecule has 3 aliphatic heterocycles. The van der Waals surface area contributed by atoms with Gasteiger partial charge in [0.25, 0.3) is 11.5 Å². The molecule has 0 spiro atoms. The van der Waals surface area contributed by atoms with Gasteiger partial charge in [0.2, 0.25) is 0 Å². The highest BCUT2D eigenvalue weighted by atomic mass is 19.1. The molecule has 14 heteroatoms. The number of benzene rings is 3. The van der Waals surface area contributed by atoms with Crippen molar-refractivity contribution < 1.29 is 43.6 Å². The third-order valence-electron chi connectivity index (χ3n) is 12.1. The summed E-state index contributed by atoms with van der Waals surface area (Å²) < 4.78 is 27.9. The van der Waals surface area contributed by atoms with Crippen LogP contribution in [0, 0.1) is 12.7 Å². The van der Waals surface area contributed by atoms with Gasteiger partial charge in [0.05, 0.1) is 40.6 Å². The van der Waals surface area contributed by atoms with E-state index in [-0.39, 0.29) is 72.5 Å². The number of nitrogens with one attached hydrogen (secondary N) is 1. The van der Waals surface area contributed by atoms with Gasteiger partial charge >= 0.3 is 12.1 Å².